The zero-order valence-corrected chi connectivity index (χ0v) is 15.0. The number of hydrogen-bond donors (Lipinski definition) is 1. The van der Waals surface area contributed by atoms with Crippen LogP contribution in [0.15, 0.2) is 39.4 Å². The molecule has 26 heavy (non-hydrogen) atoms. The van der Waals surface area contributed by atoms with Gasteiger partial charge in [0.1, 0.15) is 17.2 Å². The van der Waals surface area contributed by atoms with Crippen molar-refractivity contribution in [2.45, 2.75) is 33.2 Å². The van der Waals surface area contributed by atoms with Crippen LogP contribution in [-0.2, 0) is 17.8 Å². The van der Waals surface area contributed by atoms with Crippen molar-refractivity contribution in [1.82, 2.24) is 15.6 Å². The second kappa shape index (κ2) is 7.86. The normalized spacial score (nSPS) is 10.7. The predicted molar refractivity (Wildman–Crippen MR) is 94.6 cm³/mol. The summed E-state index contributed by atoms with van der Waals surface area (Å²) >= 11 is 0. The van der Waals surface area contributed by atoms with Crippen LogP contribution in [0.2, 0.25) is 0 Å². The molecule has 0 radical (unpaired) electrons. The van der Waals surface area contributed by atoms with Gasteiger partial charge in [-0.05, 0) is 44.5 Å². The third-order valence-corrected chi connectivity index (χ3v) is 4.18. The standard InChI is InChI=1S/C19H21N3O4/c1-12-17(13(2)25-21-12)8-9-19(23)20-11-15-10-18(26-22-15)14-4-6-16(24-3)7-5-14/h4-7,10H,8-9,11H2,1-3H3,(H,20,23). The molecular formula is C19H21N3O4. The van der Waals surface area contributed by atoms with E-state index in [2.05, 4.69) is 15.6 Å². The summed E-state index contributed by atoms with van der Waals surface area (Å²) in [5, 5.41) is 10.7. The lowest BCUT2D eigenvalue weighted by Gasteiger charge is -2.02. The highest BCUT2D eigenvalue weighted by molar-refractivity contribution is 5.76. The second-order valence-electron chi connectivity index (χ2n) is 5.99. The lowest BCUT2D eigenvalue weighted by atomic mass is 10.1. The molecule has 0 fully saturated rings. The van der Waals surface area contributed by atoms with E-state index in [0.717, 1.165) is 28.3 Å². The van der Waals surface area contributed by atoms with Gasteiger partial charge in [-0.3, -0.25) is 4.79 Å². The number of hydrogen-bond acceptors (Lipinski definition) is 6. The molecule has 2 heterocycles. The number of ether oxygens (including phenoxy) is 1. The van der Waals surface area contributed by atoms with E-state index in [-0.39, 0.29) is 5.91 Å². The van der Waals surface area contributed by atoms with E-state index >= 15 is 0 Å². The average Bonchev–Trinajstić information content (AvgIpc) is 3.25. The van der Waals surface area contributed by atoms with E-state index in [1.807, 2.05) is 44.2 Å². The van der Waals surface area contributed by atoms with Crippen molar-refractivity contribution in [3.8, 4) is 17.1 Å². The smallest absolute Gasteiger partial charge is 0.220 e. The summed E-state index contributed by atoms with van der Waals surface area (Å²) in [5.41, 5.74) is 3.38. The first kappa shape index (κ1) is 17.7. The first-order chi connectivity index (χ1) is 12.6. The van der Waals surface area contributed by atoms with Crippen molar-refractivity contribution in [2.24, 2.45) is 0 Å². The van der Waals surface area contributed by atoms with Gasteiger partial charge < -0.3 is 19.1 Å². The van der Waals surface area contributed by atoms with E-state index in [9.17, 15) is 4.79 Å². The number of nitrogens with zero attached hydrogens (tertiary/aromatic N) is 2. The van der Waals surface area contributed by atoms with Crippen LogP contribution >= 0.6 is 0 Å². The van der Waals surface area contributed by atoms with Crippen LogP contribution in [0.1, 0.15) is 29.1 Å². The van der Waals surface area contributed by atoms with Crippen LogP contribution in [0.25, 0.3) is 11.3 Å². The molecule has 0 spiro atoms. The Balaban J connectivity index is 1.52. The Kier molecular flexibility index (Phi) is 5.36. The highest BCUT2D eigenvalue weighted by Crippen LogP contribution is 2.23. The number of benzene rings is 1. The van der Waals surface area contributed by atoms with Crippen molar-refractivity contribution in [3.05, 3.63) is 53.0 Å². The first-order valence-electron chi connectivity index (χ1n) is 8.35. The first-order valence-corrected chi connectivity index (χ1v) is 8.35. The van der Waals surface area contributed by atoms with Crippen LogP contribution in [0.3, 0.4) is 0 Å². The Labute approximate surface area is 151 Å². The molecule has 1 N–H and O–H groups in total. The van der Waals surface area contributed by atoms with Crippen LogP contribution < -0.4 is 10.1 Å². The highest BCUT2D eigenvalue weighted by Gasteiger charge is 2.12. The van der Waals surface area contributed by atoms with Crippen molar-refractivity contribution >= 4 is 5.91 Å². The minimum Gasteiger partial charge on any atom is -0.497 e. The summed E-state index contributed by atoms with van der Waals surface area (Å²) in [6.45, 7) is 4.04. The van der Waals surface area contributed by atoms with Gasteiger partial charge in [0.2, 0.25) is 5.91 Å². The van der Waals surface area contributed by atoms with Gasteiger partial charge >= 0.3 is 0 Å². The van der Waals surface area contributed by atoms with Crippen LogP contribution in [-0.4, -0.2) is 23.3 Å². The molecule has 1 amide bonds. The van der Waals surface area contributed by atoms with E-state index in [1.165, 1.54) is 0 Å². The van der Waals surface area contributed by atoms with Gasteiger partial charge in [-0.1, -0.05) is 10.3 Å². The van der Waals surface area contributed by atoms with Gasteiger partial charge in [-0.15, -0.1) is 0 Å². The molecule has 0 atom stereocenters. The topological polar surface area (TPSA) is 90.4 Å². The zero-order chi connectivity index (χ0) is 18.5. The Morgan fingerprint density at radius 1 is 1.15 bits per heavy atom. The van der Waals surface area contributed by atoms with E-state index in [4.69, 9.17) is 13.8 Å². The SMILES string of the molecule is COc1ccc(-c2cc(CNC(=O)CCc3c(C)noc3C)no2)cc1. The number of carbonyl (C=O) groups is 1. The maximum Gasteiger partial charge on any atom is 0.220 e. The molecule has 0 bridgehead atoms. The summed E-state index contributed by atoms with van der Waals surface area (Å²) in [5.74, 6) is 2.13. The number of aromatic nitrogens is 2. The minimum atomic E-state index is -0.0565. The van der Waals surface area contributed by atoms with E-state index in [0.29, 0.717) is 30.8 Å². The number of carbonyl (C=O) groups excluding carboxylic acids is 1. The Hall–Kier alpha value is -3.09. The van der Waals surface area contributed by atoms with Crippen LogP contribution in [0, 0.1) is 13.8 Å². The molecular weight excluding hydrogens is 334 g/mol. The maximum atomic E-state index is 12.0. The third kappa shape index (κ3) is 4.11. The van der Waals surface area contributed by atoms with E-state index in [1.54, 1.807) is 7.11 Å². The van der Waals surface area contributed by atoms with Gasteiger partial charge in [0.15, 0.2) is 5.76 Å². The van der Waals surface area contributed by atoms with Crippen LogP contribution in [0.5, 0.6) is 5.75 Å². The van der Waals surface area contributed by atoms with Crippen molar-refractivity contribution in [1.29, 1.82) is 0 Å². The lowest BCUT2D eigenvalue weighted by molar-refractivity contribution is -0.121. The third-order valence-electron chi connectivity index (χ3n) is 4.18. The number of methoxy groups -OCH3 is 1. The fourth-order valence-electron chi connectivity index (χ4n) is 2.66. The molecule has 0 saturated heterocycles. The van der Waals surface area contributed by atoms with Crippen molar-refractivity contribution in [3.63, 3.8) is 0 Å². The molecule has 2 aromatic heterocycles. The number of aryl methyl sites for hydroxylation is 2. The van der Waals surface area contributed by atoms with Gasteiger partial charge in [0.05, 0.1) is 19.3 Å². The monoisotopic (exact) mass is 355 g/mol. The van der Waals surface area contributed by atoms with Crippen LogP contribution in [0.4, 0.5) is 0 Å². The molecule has 0 aliphatic heterocycles. The maximum absolute atomic E-state index is 12.0. The molecule has 0 saturated carbocycles. The summed E-state index contributed by atoms with van der Waals surface area (Å²) < 4.78 is 15.6. The quantitative estimate of drug-likeness (QED) is 0.700. The number of rotatable bonds is 7. The van der Waals surface area contributed by atoms with Crippen molar-refractivity contribution in [2.75, 3.05) is 7.11 Å². The second-order valence-corrected chi connectivity index (χ2v) is 5.99. The number of amides is 1. The molecule has 0 aliphatic carbocycles. The molecule has 7 nitrogen and oxygen atoms in total. The molecule has 1 aromatic carbocycles. The van der Waals surface area contributed by atoms with Gasteiger partial charge in [0, 0.05) is 23.6 Å². The average molecular weight is 355 g/mol. The summed E-state index contributed by atoms with van der Waals surface area (Å²) in [6.07, 6.45) is 0.967. The Morgan fingerprint density at radius 3 is 2.58 bits per heavy atom. The summed E-state index contributed by atoms with van der Waals surface area (Å²) in [7, 11) is 1.62. The molecule has 136 valence electrons. The van der Waals surface area contributed by atoms with Crippen molar-refractivity contribution < 1.29 is 18.6 Å². The molecule has 3 aromatic rings. The predicted octanol–water partition coefficient (Wildman–Crippen LogP) is 3.20. The van der Waals surface area contributed by atoms with Gasteiger partial charge in [-0.2, -0.15) is 0 Å². The number of nitrogens with one attached hydrogen (secondary N) is 1. The molecule has 7 heteroatoms. The zero-order valence-electron chi connectivity index (χ0n) is 15.0. The van der Waals surface area contributed by atoms with Gasteiger partial charge in [0.25, 0.3) is 0 Å². The molecule has 0 unspecified atom stereocenters. The minimum absolute atomic E-state index is 0.0565. The van der Waals surface area contributed by atoms with E-state index < -0.39 is 0 Å². The Morgan fingerprint density at radius 2 is 1.92 bits per heavy atom. The fourth-order valence-corrected chi connectivity index (χ4v) is 2.66. The highest BCUT2D eigenvalue weighted by atomic mass is 16.5. The largest absolute Gasteiger partial charge is 0.497 e. The molecule has 3 rings (SSSR count). The summed E-state index contributed by atoms with van der Waals surface area (Å²) in [6, 6.07) is 9.31. The summed E-state index contributed by atoms with van der Waals surface area (Å²) in [4.78, 5) is 12.0. The fraction of sp³-hybridized carbons (Fsp3) is 0.316. The Bertz CT molecular complexity index is 861. The van der Waals surface area contributed by atoms with Gasteiger partial charge in [-0.25, -0.2) is 0 Å². The lowest BCUT2D eigenvalue weighted by Crippen LogP contribution is -2.23. The molecule has 0 aliphatic rings.